The molecule has 1 unspecified atom stereocenters. The number of amides is 1. The summed E-state index contributed by atoms with van der Waals surface area (Å²) in [6, 6.07) is 5.37. The van der Waals surface area contributed by atoms with E-state index in [4.69, 9.17) is 14.2 Å². The summed E-state index contributed by atoms with van der Waals surface area (Å²) in [6.07, 6.45) is 1.93. The topological polar surface area (TPSA) is 94.1 Å². The molecule has 0 radical (unpaired) electrons. The van der Waals surface area contributed by atoms with Crippen LogP contribution in [0.2, 0.25) is 0 Å². The van der Waals surface area contributed by atoms with Gasteiger partial charge < -0.3 is 24.6 Å². The average Bonchev–Trinajstić information content (AvgIpc) is 3.03. The third kappa shape index (κ3) is 2.75. The quantitative estimate of drug-likeness (QED) is 0.854. The van der Waals surface area contributed by atoms with Gasteiger partial charge in [-0.2, -0.15) is 0 Å². The summed E-state index contributed by atoms with van der Waals surface area (Å²) in [6.45, 7) is 0.324. The third-order valence-corrected chi connectivity index (χ3v) is 4.01. The minimum atomic E-state index is -1.37. The van der Waals surface area contributed by atoms with Crippen LogP contribution in [0.5, 0.6) is 11.5 Å². The van der Waals surface area contributed by atoms with E-state index in [0.717, 1.165) is 0 Å². The van der Waals surface area contributed by atoms with Crippen LogP contribution in [0.25, 0.3) is 6.08 Å². The van der Waals surface area contributed by atoms with E-state index in [9.17, 15) is 14.7 Å². The number of carboxylic acid groups (broad SMARTS) is 1. The first-order valence-corrected chi connectivity index (χ1v) is 7.20. The predicted octanol–water partition coefficient (Wildman–Crippen LogP) is 0.831. The van der Waals surface area contributed by atoms with E-state index in [1.807, 2.05) is 0 Å². The Hall–Kier alpha value is -2.54. The fourth-order valence-corrected chi connectivity index (χ4v) is 2.66. The average molecular weight is 319 g/mol. The van der Waals surface area contributed by atoms with Crippen molar-refractivity contribution in [3.05, 3.63) is 29.3 Å². The lowest BCUT2D eigenvalue weighted by molar-refractivity contribution is -0.147. The number of rotatable bonds is 4. The molecule has 1 aromatic carbocycles. The van der Waals surface area contributed by atoms with Crippen molar-refractivity contribution in [1.29, 1.82) is 0 Å². The van der Waals surface area contributed by atoms with Crippen molar-refractivity contribution >= 4 is 18.0 Å². The second-order valence-electron chi connectivity index (χ2n) is 5.48. The van der Waals surface area contributed by atoms with Crippen LogP contribution in [-0.4, -0.2) is 49.5 Å². The van der Waals surface area contributed by atoms with E-state index >= 15 is 0 Å². The van der Waals surface area contributed by atoms with Crippen LogP contribution in [0.15, 0.2) is 23.8 Å². The third-order valence-electron chi connectivity index (χ3n) is 4.01. The highest BCUT2D eigenvalue weighted by Crippen LogP contribution is 2.35. The molecule has 3 rings (SSSR count). The van der Waals surface area contributed by atoms with E-state index in [2.05, 4.69) is 5.32 Å². The molecular weight excluding hydrogens is 302 g/mol. The molecule has 2 N–H and O–H groups in total. The van der Waals surface area contributed by atoms with Gasteiger partial charge in [0.25, 0.3) is 5.91 Å². The van der Waals surface area contributed by atoms with Crippen LogP contribution in [-0.2, 0) is 14.3 Å². The van der Waals surface area contributed by atoms with Crippen LogP contribution in [0.4, 0.5) is 0 Å². The molecular formula is C16H17NO6. The molecule has 0 aliphatic carbocycles. The Kier molecular flexibility index (Phi) is 3.96. The Bertz CT molecular complexity index is 675. The summed E-state index contributed by atoms with van der Waals surface area (Å²) < 4.78 is 16.0. The molecule has 7 heteroatoms. The maximum Gasteiger partial charge on any atom is 0.331 e. The predicted molar refractivity (Wildman–Crippen MR) is 80.4 cm³/mol. The van der Waals surface area contributed by atoms with Crippen LogP contribution < -0.4 is 14.8 Å². The number of hydrogen-bond acceptors (Lipinski definition) is 5. The molecule has 0 bridgehead atoms. The Labute approximate surface area is 132 Å². The largest absolute Gasteiger partial charge is 0.493 e. The van der Waals surface area contributed by atoms with Gasteiger partial charge in [-0.15, -0.1) is 0 Å². The van der Waals surface area contributed by atoms with Gasteiger partial charge in [-0.1, -0.05) is 12.1 Å². The lowest BCUT2D eigenvalue weighted by atomic mass is 9.97. The van der Waals surface area contributed by atoms with E-state index in [0.29, 0.717) is 29.2 Å². The van der Waals surface area contributed by atoms with Crippen molar-refractivity contribution < 1.29 is 28.9 Å². The molecule has 2 aliphatic rings. The van der Waals surface area contributed by atoms with Gasteiger partial charge in [0.15, 0.2) is 17.0 Å². The van der Waals surface area contributed by atoms with Crippen LogP contribution in [0.1, 0.15) is 12.0 Å². The standard InChI is InChI=1S/C16H17NO6/c1-21-12-4-2-3-10-7-11(8-23-13(10)12)14(18)17-16(15(19)20)5-6-22-9-16/h2-4,7H,5-6,8-9H2,1H3,(H,17,18)(H,19,20). The number of carboxylic acids is 1. The highest BCUT2D eigenvalue weighted by molar-refractivity contribution is 6.02. The number of benzene rings is 1. The van der Waals surface area contributed by atoms with E-state index in [1.54, 1.807) is 31.4 Å². The van der Waals surface area contributed by atoms with Gasteiger partial charge in [0.2, 0.25) is 0 Å². The smallest absolute Gasteiger partial charge is 0.331 e. The van der Waals surface area contributed by atoms with E-state index in [1.165, 1.54) is 0 Å². The van der Waals surface area contributed by atoms with Crippen molar-refractivity contribution in [2.45, 2.75) is 12.0 Å². The first-order chi connectivity index (χ1) is 11.1. The zero-order valence-electron chi connectivity index (χ0n) is 12.6. The highest BCUT2D eigenvalue weighted by Gasteiger charge is 2.44. The normalized spacial score (nSPS) is 22.6. The van der Waals surface area contributed by atoms with Crippen molar-refractivity contribution in [3.8, 4) is 11.5 Å². The number of nitrogens with one attached hydrogen (secondary N) is 1. The summed E-state index contributed by atoms with van der Waals surface area (Å²) >= 11 is 0. The molecule has 0 saturated carbocycles. The first kappa shape index (κ1) is 15.4. The second kappa shape index (κ2) is 5.92. The van der Waals surface area contributed by atoms with Gasteiger partial charge in [-0.05, 0) is 12.1 Å². The summed E-state index contributed by atoms with van der Waals surface area (Å²) in [5, 5.41) is 12.0. The number of methoxy groups -OCH3 is 1. The molecule has 1 fully saturated rings. The highest BCUT2D eigenvalue weighted by atomic mass is 16.5. The molecule has 1 saturated heterocycles. The Morgan fingerprint density at radius 3 is 2.87 bits per heavy atom. The van der Waals surface area contributed by atoms with Gasteiger partial charge in [0.05, 0.1) is 19.3 Å². The van der Waals surface area contributed by atoms with Crippen molar-refractivity contribution in [3.63, 3.8) is 0 Å². The Morgan fingerprint density at radius 1 is 1.39 bits per heavy atom. The van der Waals surface area contributed by atoms with Gasteiger partial charge in [-0.25, -0.2) is 4.79 Å². The van der Waals surface area contributed by atoms with Crippen LogP contribution in [0.3, 0.4) is 0 Å². The molecule has 122 valence electrons. The molecule has 1 atom stereocenters. The lowest BCUT2D eigenvalue weighted by Crippen LogP contribution is -2.55. The number of carbonyl (C=O) groups excluding carboxylic acids is 1. The zero-order valence-corrected chi connectivity index (χ0v) is 12.6. The monoisotopic (exact) mass is 319 g/mol. The lowest BCUT2D eigenvalue weighted by Gasteiger charge is -2.26. The summed E-state index contributed by atoms with van der Waals surface area (Å²) in [4.78, 5) is 23.9. The molecule has 7 nitrogen and oxygen atoms in total. The molecule has 2 aliphatic heterocycles. The van der Waals surface area contributed by atoms with Crippen molar-refractivity contribution in [1.82, 2.24) is 5.32 Å². The molecule has 2 heterocycles. The minimum Gasteiger partial charge on any atom is -0.493 e. The summed E-state index contributed by atoms with van der Waals surface area (Å²) in [7, 11) is 1.54. The van der Waals surface area contributed by atoms with E-state index < -0.39 is 17.4 Å². The van der Waals surface area contributed by atoms with Gasteiger partial charge in [0.1, 0.15) is 6.61 Å². The molecule has 0 aromatic heterocycles. The summed E-state index contributed by atoms with van der Waals surface area (Å²) in [5.74, 6) is -0.401. The number of fused-ring (bicyclic) bond motifs is 1. The molecule has 0 spiro atoms. The molecule has 1 aromatic rings. The Balaban J connectivity index is 1.83. The van der Waals surface area contributed by atoms with Gasteiger partial charge in [-0.3, -0.25) is 4.79 Å². The Morgan fingerprint density at radius 2 is 2.22 bits per heavy atom. The van der Waals surface area contributed by atoms with Gasteiger partial charge in [0, 0.05) is 18.6 Å². The summed E-state index contributed by atoms with van der Waals surface area (Å²) in [5.41, 5.74) is -0.293. The molecule has 1 amide bonds. The van der Waals surface area contributed by atoms with Crippen molar-refractivity contribution in [2.24, 2.45) is 0 Å². The van der Waals surface area contributed by atoms with E-state index in [-0.39, 0.29) is 19.6 Å². The maximum atomic E-state index is 12.4. The van der Waals surface area contributed by atoms with Crippen LogP contribution in [0, 0.1) is 0 Å². The zero-order chi connectivity index (χ0) is 16.4. The van der Waals surface area contributed by atoms with Gasteiger partial charge >= 0.3 is 5.97 Å². The number of para-hydroxylation sites is 1. The number of carbonyl (C=O) groups is 2. The van der Waals surface area contributed by atoms with Crippen molar-refractivity contribution in [2.75, 3.05) is 26.9 Å². The number of aliphatic carboxylic acids is 1. The maximum absolute atomic E-state index is 12.4. The first-order valence-electron chi connectivity index (χ1n) is 7.20. The second-order valence-corrected chi connectivity index (χ2v) is 5.48. The number of ether oxygens (including phenoxy) is 3. The fraction of sp³-hybridized carbons (Fsp3) is 0.375. The fourth-order valence-electron chi connectivity index (χ4n) is 2.66. The molecule has 23 heavy (non-hydrogen) atoms. The van der Waals surface area contributed by atoms with Crippen LogP contribution >= 0.6 is 0 Å². The minimum absolute atomic E-state index is 0.0351. The number of hydrogen-bond donors (Lipinski definition) is 2. The SMILES string of the molecule is COc1cccc2c1OCC(C(=O)NC1(C(=O)O)CCOC1)=C2.